The van der Waals surface area contributed by atoms with Crippen LogP contribution in [0.4, 0.5) is 4.39 Å². The number of piperidine rings is 2. The summed E-state index contributed by atoms with van der Waals surface area (Å²) in [5.41, 5.74) is 1.20. The van der Waals surface area contributed by atoms with Crippen LogP contribution >= 0.6 is 10.8 Å². The van der Waals surface area contributed by atoms with Crippen LogP contribution in [0.25, 0.3) is 11.3 Å². The second kappa shape index (κ2) is 7.48. The van der Waals surface area contributed by atoms with Crippen molar-refractivity contribution in [2.75, 3.05) is 18.9 Å². The molecule has 31 heavy (non-hydrogen) atoms. The number of pyridine rings is 1. The first-order valence-corrected chi connectivity index (χ1v) is 12.0. The van der Waals surface area contributed by atoms with E-state index in [0.717, 1.165) is 31.5 Å². The van der Waals surface area contributed by atoms with Crippen molar-refractivity contribution in [2.24, 2.45) is 9.81 Å². The summed E-state index contributed by atoms with van der Waals surface area (Å²) in [4.78, 5) is 6.40. The van der Waals surface area contributed by atoms with Crippen molar-refractivity contribution in [3.05, 3.63) is 47.9 Å². The van der Waals surface area contributed by atoms with E-state index in [1.807, 2.05) is 6.07 Å². The topological polar surface area (TPSA) is 102 Å². The number of fused-ring (bicyclic) bond motifs is 2. The Morgan fingerprint density at radius 1 is 1.26 bits per heavy atom. The van der Waals surface area contributed by atoms with Gasteiger partial charge in [0.2, 0.25) is 0 Å². The number of ether oxygens (including phenoxy) is 1. The van der Waals surface area contributed by atoms with Gasteiger partial charge in [-0.25, -0.2) is 4.39 Å². The molecule has 2 N–H and O–H groups in total. The Morgan fingerprint density at radius 2 is 2.06 bits per heavy atom. The SMILES string of the molecule is N#Cc1ccc(-c2ccc(OCC34CCC(CC3)N3CCS(O)(O)N=C34)c(F)c2)nc1. The smallest absolute Gasteiger partial charge is 0.165 e. The number of benzene rings is 1. The quantitative estimate of drug-likeness (QED) is 0.725. The van der Waals surface area contributed by atoms with Gasteiger partial charge in [0.15, 0.2) is 11.6 Å². The molecule has 3 fully saturated rings. The molecule has 2 saturated heterocycles. The zero-order valence-electron chi connectivity index (χ0n) is 16.9. The molecular formula is C22H23FN4O3S. The summed E-state index contributed by atoms with van der Waals surface area (Å²) in [5.74, 6) is 0.647. The fourth-order valence-electron chi connectivity index (χ4n) is 4.84. The van der Waals surface area contributed by atoms with Crippen LogP contribution in [0.3, 0.4) is 0 Å². The number of amidine groups is 1. The van der Waals surface area contributed by atoms with Crippen LogP contribution in [0.2, 0.25) is 0 Å². The molecule has 0 amide bonds. The standard InChI is InChI=1S/C22H23FN4O3S/c23-18-11-16(19-3-1-15(12-24)13-25-19)2-4-20(18)30-14-22-7-5-17(6-8-22)27-9-10-31(28,29)26-21(22)27/h1-4,11,13,17,28-29H,5-10,14H2. The molecule has 4 aliphatic rings. The van der Waals surface area contributed by atoms with Crippen LogP contribution in [0.15, 0.2) is 40.9 Å². The summed E-state index contributed by atoms with van der Waals surface area (Å²) < 4.78 is 45.4. The summed E-state index contributed by atoms with van der Waals surface area (Å²) >= 11 is 0. The van der Waals surface area contributed by atoms with Gasteiger partial charge < -0.3 is 9.64 Å². The number of hydrogen-bond donors (Lipinski definition) is 2. The van der Waals surface area contributed by atoms with Gasteiger partial charge in [-0.05, 0) is 56.0 Å². The summed E-state index contributed by atoms with van der Waals surface area (Å²) in [6.45, 7) is 0.837. The minimum atomic E-state index is -2.96. The highest BCUT2D eigenvalue weighted by Crippen LogP contribution is 2.53. The van der Waals surface area contributed by atoms with Gasteiger partial charge in [0.05, 0.1) is 22.4 Å². The van der Waals surface area contributed by atoms with E-state index in [9.17, 15) is 13.5 Å². The van der Waals surface area contributed by atoms with E-state index >= 15 is 0 Å². The minimum Gasteiger partial charge on any atom is -0.489 e. The molecule has 2 aromatic rings. The van der Waals surface area contributed by atoms with Gasteiger partial charge in [0.1, 0.15) is 18.5 Å². The molecule has 9 heteroatoms. The highest BCUT2D eigenvalue weighted by Gasteiger charge is 2.52. The van der Waals surface area contributed by atoms with Crippen LogP contribution in [-0.2, 0) is 0 Å². The van der Waals surface area contributed by atoms with Crippen molar-refractivity contribution in [3.8, 4) is 23.1 Å². The molecular weight excluding hydrogens is 419 g/mol. The van der Waals surface area contributed by atoms with Gasteiger partial charge in [0.25, 0.3) is 0 Å². The fourth-order valence-corrected chi connectivity index (χ4v) is 5.95. The van der Waals surface area contributed by atoms with Crippen molar-refractivity contribution < 1.29 is 18.2 Å². The molecule has 1 saturated carbocycles. The lowest BCUT2D eigenvalue weighted by Gasteiger charge is -2.56. The predicted molar refractivity (Wildman–Crippen MR) is 116 cm³/mol. The van der Waals surface area contributed by atoms with Gasteiger partial charge in [-0.2, -0.15) is 5.26 Å². The van der Waals surface area contributed by atoms with Crippen molar-refractivity contribution in [1.82, 2.24) is 9.88 Å². The first kappa shape index (κ1) is 20.2. The maximum absolute atomic E-state index is 14.8. The molecule has 6 rings (SSSR count). The summed E-state index contributed by atoms with van der Waals surface area (Å²) in [6.07, 6.45) is 5.16. The van der Waals surface area contributed by atoms with E-state index in [1.165, 1.54) is 12.3 Å². The molecule has 0 radical (unpaired) electrons. The Morgan fingerprint density at radius 3 is 2.74 bits per heavy atom. The maximum Gasteiger partial charge on any atom is 0.165 e. The Labute approximate surface area is 181 Å². The third-order valence-corrected chi connectivity index (χ3v) is 7.76. The Kier molecular flexibility index (Phi) is 4.88. The molecule has 2 bridgehead atoms. The van der Waals surface area contributed by atoms with Gasteiger partial charge in [0, 0.05) is 24.3 Å². The zero-order valence-corrected chi connectivity index (χ0v) is 17.7. The number of nitrogens with zero attached hydrogens (tertiary/aromatic N) is 4. The second-order valence-electron chi connectivity index (χ2n) is 8.43. The van der Waals surface area contributed by atoms with Crippen molar-refractivity contribution in [1.29, 1.82) is 5.26 Å². The monoisotopic (exact) mass is 442 g/mol. The average molecular weight is 443 g/mol. The third kappa shape index (κ3) is 3.65. The van der Waals surface area contributed by atoms with E-state index in [1.54, 1.807) is 24.3 Å². The largest absolute Gasteiger partial charge is 0.489 e. The molecule has 1 aliphatic carbocycles. The van der Waals surface area contributed by atoms with Crippen LogP contribution in [0.5, 0.6) is 5.75 Å². The van der Waals surface area contributed by atoms with Gasteiger partial charge in [-0.3, -0.25) is 14.1 Å². The molecule has 3 aliphatic heterocycles. The van der Waals surface area contributed by atoms with Crippen LogP contribution in [0.1, 0.15) is 31.2 Å². The Hall–Kier alpha value is -2.67. The maximum atomic E-state index is 14.8. The summed E-state index contributed by atoms with van der Waals surface area (Å²) in [6, 6.07) is 10.4. The lowest BCUT2D eigenvalue weighted by Crippen LogP contribution is -2.62. The van der Waals surface area contributed by atoms with Crippen molar-refractivity contribution in [3.63, 3.8) is 0 Å². The van der Waals surface area contributed by atoms with E-state index < -0.39 is 22.0 Å². The van der Waals surface area contributed by atoms with E-state index in [2.05, 4.69) is 14.3 Å². The van der Waals surface area contributed by atoms with Crippen molar-refractivity contribution in [2.45, 2.75) is 31.7 Å². The molecule has 162 valence electrons. The minimum absolute atomic E-state index is 0.147. The Bertz CT molecular complexity index is 1080. The third-order valence-electron chi connectivity index (χ3n) is 6.56. The van der Waals surface area contributed by atoms with E-state index in [-0.39, 0.29) is 18.1 Å². The van der Waals surface area contributed by atoms with Crippen LogP contribution in [-0.4, -0.2) is 49.8 Å². The van der Waals surface area contributed by atoms with Crippen LogP contribution < -0.4 is 4.74 Å². The summed E-state index contributed by atoms with van der Waals surface area (Å²) in [5, 5.41) is 8.89. The van der Waals surface area contributed by atoms with E-state index in [4.69, 9.17) is 10.00 Å². The normalized spacial score (nSPS) is 27.1. The molecule has 1 aromatic carbocycles. The van der Waals surface area contributed by atoms with Gasteiger partial charge in [-0.1, -0.05) is 10.8 Å². The molecule has 1 aromatic heterocycles. The molecule has 4 heterocycles. The fraction of sp³-hybridized carbons (Fsp3) is 0.409. The second-order valence-corrected chi connectivity index (χ2v) is 10.3. The highest BCUT2D eigenvalue weighted by atomic mass is 32.3. The first-order chi connectivity index (χ1) is 14.9. The predicted octanol–water partition coefficient (Wildman–Crippen LogP) is 4.46. The highest BCUT2D eigenvalue weighted by molar-refractivity contribution is 8.23. The molecule has 7 nitrogen and oxygen atoms in total. The number of hydrogen-bond acceptors (Lipinski definition) is 7. The number of rotatable bonds is 4. The summed E-state index contributed by atoms with van der Waals surface area (Å²) in [7, 11) is -2.96. The van der Waals surface area contributed by atoms with Crippen LogP contribution in [0, 0.1) is 22.6 Å². The molecule has 0 spiro atoms. The van der Waals surface area contributed by atoms with Gasteiger partial charge >= 0.3 is 0 Å². The van der Waals surface area contributed by atoms with E-state index in [0.29, 0.717) is 29.4 Å². The molecule has 0 atom stereocenters. The number of nitriles is 1. The van der Waals surface area contributed by atoms with Crippen molar-refractivity contribution >= 4 is 16.6 Å². The number of halogens is 1. The van der Waals surface area contributed by atoms with Gasteiger partial charge in [-0.15, -0.1) is 4.40 Å². The average Bonchev–Trinajstić information content (AvgIpc) is 2.78. The lowest BCUT2D eigenvalue weighted by atomic mass is 9.67. The number of aromatic nitrogens is 1. The molecule has 0 unspecified atom stereocenters. The lowest BCUT2D eigenvalue weighted by molar-refractivity contribution is 0.0637. The first-order valence-electron chi connectivity index (χ1n) is 10.3. The zero-order chi connectivity index (χ0) is 21.6. The Balaban J connectivity index is 1.36.